The Labute approximate surface area is 109 Å². The molecule has 1 aromatic rings. The van der Waals surface area contributed by atoms with Crippen molar-refractivity contribution in [3.8, 4) is 6.07 Å². The maximum absolute atomic E-state index is 13.0. The van der Waals surface area contributed by atoms with Gasteiger partial charge in [-0.3, -0.25) is 4.79 Å². The van der Waals surface area contributed by atoms with Gasteiger partial charge in [0.25, 0.3) is 6.43 Å². The van der Waals surface area contributed by atoms with Crippen LogP contribution in [0.4, 0.5) is 8.78 Å². The van der Waals surface area contributed by atoms with Gasteiger partial charge in [0, 0.05) is 5.56 Å². The fraction of sp³-hybridized carbons (Fsp3) is 0.385. The maximum atomic E-state index is 13.0. The Morgan fingerprint density at radius 1 is 1.53 bits per heavy atom. The Bertz CT molecular complexity index is 509. The normalized spacial score (nSPS) is 10.3. The van der Waals surface area contributed by atoms with Crippen molar-refractivity contribution >= 4 is 5.97 Å². The van der Waals surface area contributed by atoms with Crippen molar-refractivity contribution in [1.29, 1.82) is 5.26 Å². The maximum Gasteiger partial charge on any atom is 0.310 e. The van der Waals surface area contributed by atoms with Crippen LogP contribution in [0.2, 0.25) is 0 Å². The van der Waals surface area contributed by atoms with Crippen molar-refractivity contribution in [1.82, 2.24) is 0 Å². The van der Waals surface area contributed by atoms with E-state index in [2.05, 4.69) is 0 Å². The molecule has 1 N–H and O–H groups in total. The van der Waals surface area contributed by atoms with Crippen LogP contribution in [0.25, 0.3) is 0 Å². The highest BCUT2D eigenvalue weighted by Gasteiger charge is 2.20. The number of rotatable bonds is 5. The number of ether oxygens (including phenoxy) is 1. The van der Waals surface area contributed by atoms with Crippen LogP contribution in [0.1, 0.15) is 35.6 Å². The molecular formula is C13H13F2NO3. The average molecular weight is 269 g/mol. The van der Waals surface area contributed by atoms with Gasteiger partial charge in [0.15, 0.2) is 0 Å². The van der Waals surface area contributed by atoms with Gasteiger partial charge in [-0.25, -0.2) is 8.78 Å². The number of halogens is 2. The fourth-order valence-electron chi connectivity index (χ4n) is 1.70. The van der Waals surface area contributed by atoms with Crippen LogP contribution in [0.3, 0.4) is 0 Å². The first kappa shape index (κ1) is 15.1. The molecule has 102 valence electrons. The van der Waals surface area contributed by atoms with E-state index in [1.165, 1.54) is 6.07 Å². The van der Waals surface area contributed by atoms with Crippen molar-refractivity contribution in [2.75, 3.05) is 6.61 Å². The van der Waals surface area contributed by atoms with Gasteiger partial charge in [-0.15, -0.1) is 0 Å². The third kappa shape index (κ3) is 3.73. The number of hydrogen-bond donors (Lipinski definition) is 1. The zero-order valence-electron chi connectivity index (χ0n) is 10.3. The van der Waals surface area contributed by atoms with Crippen molar-refractivity contribution in [2.24, 2.45) is 0 Å². The lowest BCUT2D eigenvalue weighted by Crippen LogP contribution is -2.11. The van der Waals surface area contributed by atoms with Crippen LogP contribution >= 0.6 is 0 Å². The quantitative estimate of drug-likeness (QED) is 0.831. The molecule has 6 heteroatoms. The molecular weight excluding hydrogens is 256 g/mol. The number of esters is 1. The molecule has 0 bridgehead atoms. The largest absolute Gasteiger partial charge is 0.466 e. The number of aliphatic hydroxyl groups is 1. The predicted octanol–water partition coefficient (Wildman–Crippen LogP) is 2.09. The molecule has 0 aromatic heterocycles. The van der Waals surface area contributed by atoms with E-state index in [1.807, 2.05) is 0 Å². The Hall–Kier alpha value is -2.00. The second kappa shape index (κ2) is 6.81. The van der Waals surface area contributed by atoms with Gasteiger partial charge in [-0.2, -0.15) is 5.26 Å². The minimum atomic E-state index is -2.83. The van der Waals surface area contributed by atoms with E-state index >= 15 is 0 Å². The molecule has 4 nitrogen and oxygen atoms in total. The summed E-state index contributed by atoms with van der Waals surface area (Å²) in [5.41, 5.74) is -0.307. The topological polar surface area (TPSA) is 70.3 Å². The van der Waals surface area contributed by atoms with Gasteiger partial charge in [0.05, 0.1) is 31.3 Å². The summed E-state index contributed by atoms with van der Waals surface area (Å²) >= 11 is 0. The highest BCUT2D eigenvalue weighted by molar-refractivity contribution is 5.74. The minimum absolute atomic E-state index is 0.0464. The zero-order valence-corrected chi connectivity index (χ0v) is 10.3. The van der Waals surface area contributed by atoms with Gasteiger partial charge >= 0.3 is 5.97 Å². The van der Waals surface area contributed by atoms with Crippen LogP contribution in [0, 0.1) is 11.3 Å². The zero-order chi connectivity index (χ0) is 14.4. The lowest BCUT2D eigenvalue weighted by molar-refractivity contribution is -0.142. The van der Waals surface area contributed by atoms with E-state index < -0.39 is 24.6 Å². The molecule has 0 aliphatic heterocycles. The smallest absolute Gasteiger partial charge is 0.310 e. The van der Waals surface area contributed by atoms with Crippen LogP contribution in [0.5, 0.6) is 0 Å². The number of aliphatic hydroxyl groups excluding tert-OH is 1. The van der Waals surface area contributed by atoms with E-state index in [9.17, 15) is 13.6 Å². The number of alkyl halides is 2. The molecule has 0 aliphatic carbocycles. The van der Waals surface area contributed by atoms with Crippen LogP contribution in [-0.4, -0.2) is 17.7 Å². The molecule has 0 spiro atoms. The van der Waals surface area contributed by atoms with E-state index in [-0.39, 0.29) is 29.7 Å². The van der Waals surface area contributed by atoms with E-state index in [1.54, 1.807) is 13.0 Å². The Morgan fingerprint density at radius 3 is 2.68 bits per heavy atom. The Balaban J connectivity index is 3.26. The standard InChI is InChI=1S/C13H13F2NO3/c1-2-19-12(18)5-10-9(6-16)3-8(7-17)4-11(10)13(14)15/h3-4,13,17H,2,5,7H2,1H3. The Kier molecular flexibility index (Phi) is 5.39. The summed E-state index contributed by atoms with van der Waals surface area (Å²) in [4.78, 5) is 11.4. The second-order valence-corrected chi connectivity index (χ2v) is 3.76. The number of carbonyl (C=O) groups is 1. The average Bonchev–Trinajstić information content (AvgIpc) is 2.38. The highest BCUT2D eigenvalue weighted by atomic mass is 19.3. The molecule has 0 unspecified atom stereocenters. The number of benzene rings is 1. The van der Waals surface area contributed by atoms with E-state index in [0.717, 1.165) is 6.07 Å². The fourth-order valence-corrected chi connectivity index (χ4v) is 1.70. The van der Waals surface area contributed by atoms with E-state index in [0.29, 0.717) is 0 Å². The summed E-state index contributed by atoms with van der Waals surface area (Å²) in [6.45, 7) is 1.29. The predicted molar refractivity (Wildman–Crippen MR) is 62.4 cm³/mol. The summed E-state index contributed by atoms with van der Waals surface area (Å²) in [5.74, 6) is -0.669. The molecule has 1 aromatic carbocycles. The molecule has 1 rings (SSSR count). The van der Waals surface area contributed by atoms with Crippen LogP contribution in [0.15, 0.2) is 12.1 Å². The van der Waals surface area contributed by atoms with Gasteiger partial charge < -0.3 is 9.84 Å². The van der Waals surface area contributed by atoms with Gasteiger partial charge in [0.2, 0.25) is 0 Å². The monoisotopic (exact) mass is 269 g/mol. The molecule has 0 saturated heterocycles. The first-order chi connectivity index (χ1) is 9.03. The van der Waals surface area contributed by atoms with Crippen LogP contribution < -0.4 is 0 Å². The van der Waals surface area contributed by atoms with Crippen molar-refractivity contribution in [2.45, 2.75) is 26.4 Å². The van der Waals surface area contributed by atoms with Crippen molar-refractivity contribution in [3.63, 3.8) is 0 Å². The third-order valence-electron chi connectivity index (χ3n) is 2.51. The van der Waals surface area contributed by atoms with Crippen LogP contribution in [-0.2, 0) is 22.6 Å². The molecule has 0 amide bonds. The molecule has 0 fully saturated rings. The highest BCUT2D eigenvalue weighted by Crippen LogP contribution is 2.28. The summed E-state index contributed by atoms with van der Waals surface area (Å²) in [6, 6.07) is 4.15. The SMILES string of the molecule is CCOC(=O)Cc1c(C#N)cc(CO)cc1C(F)F. The number of nitriles is 1. The number of nitrogens with zero attached hydrogens (tertiary/aromatic N) is 1. The number of hydrogen-bond acceptors (Lipinski definition) is 4. The molecule has 0 heterocycles. The van der Waals surface area contributed by atoms with Gasteiger partial charge in [-0.05, 0) is 30.2 Å². The van der Waals surface area contributed by atoms with Crippen molar-refractivity contribution in [3.05, 3.63) is 34.4 Å². The molecule has 19 heavy (non-hydrogen) atoms. The first-order valence-corrected chi connectivity index (χ1v) is 5.63. The summed E-state index contributed by atoms with van der Waals surface area (Å²) in [6.07, 6.45) is -3.22. The molecule has 0 radical (unpaired) electrons. The summed E-state index contributed by atoms with van der Waals surface area (Å²) in [5, 5.41) is 17.9. The summed E-state index contributed by atoms with van der Waals surface area (Å²) in [7, 11) is 0. The number of carbonyl (C=O) groups excluding carboxylic acids is 1. The summed E-state index contributed by atoms with van der Waals surface area (Å²) < 4.78 is 30.6. The van der Waals surface area contributed by atoms with Crippen molar-refractivity contribution < 1.29 is 23.4 Å². The van der Waals surface area contributed by atoms with Gasteiger partial charge in [0.1, 0.15) is 0 Å². The molecule has 0 aliphatic rings. The third-order valence-corrected chi connectivity index (χ3v) is 2.51. The lowest BCUT2D eigenvalue weighted by atomic mass is 9.96. The minimum Gasteiger partial charge on any atom is -0.466 e. The Morgan fingerprint density at radius 2 is 2.21 bits per heavy atom. The molecule has 0 atom stereocenters. The van der Waals surface area contributed by atoms with E-state index in [4.69, 9.17) is 15.1 Å². The lowest BCUT2D eigenvalue weighted by Gasteiger charge is -2.12. The first-order valence-electron chi connectivity index (χ1n) is 5.63. The molecule has 0 saturated carbocycles. The van der Waals surface area contributed by atoms with Gasteiger partial charge in [-0.1, -0.05) is 0 Å². The second-order valence-electron chi connectivity index (χ2n) is 3.76.